The number of hydrogen-bond acceptors (Lipinski definition) is 3. The van der Waals surface area contributed by atoms with Crippen molar-refractivity contribution in [3.8, 4) is 0 Å². The second-order valence-corrected chi connectivity index (χ2v) is 6.40. The molecule has 20 heavy (non-hydrogen) atoms. The van der Waals surface area contributed by atoms with Crippen LogP contribution in [0.5, 0.6) is 0 Å². The van der Waals surface area contributed by atoms with Crippen molar-refractivity contribution in [2.24, 2.45) is 5.92 Å². The molecule has 112 valence electrons. The number of hydrogen-bond donors (Lipinski definition) is 2. The third kappa shape index (κ3) is 4.92. The first-order valence-electron chi connectivity index (χ1n) is 6.34. The molecule has 1 aromatic carbocycles. The highest BCUT2D eigenvalue weighted by molar-refractivity contribution is 7.87. The molecule has 0 aromatic heterocycles. The summed E-state index contributed by atoms with van der Waals surface area (Å²) >= 11 is 0. The number of nitrogens with zero attached hydrogens (tertiary/aromatic N) is 1. The maximum atomic E-state index is 12.0. The molecule has 6 nitrogen and oxygen atoms in total. The molecule has 2 N–H and O–H groups in total. The predicted molar refractivity (Wildman–Crippen MR) is 76.2 cm³/mol. The Morgan fingerprint density at radius 2 is 1.95 bits per heavy atom. The molecule has 0 heterocycles. The largest absolute Gasteiger partial charge is 0.481 e. The van der Waals surface area contributed by atoms with Crippen molar-refractivity contribution in [2.75, 3.05) is 13.6 Å². The number of carboxylic acid groups (broad SMARTS) is 1. The summed E-state index contributed by atoms with van der Waals surface area (Å²) in [4.78, 5) is 10.9. The molecule has 0 fully saturated rings. The monoisotopic (exact) mass is 300 g/mol. The van der Waals surface area contributed by atoms with E-state index in [1.165, 1.54) is 7.05 Å². The van der Waals surface area contributed by atoms with Crippen LogP contribution in [-0.4, -0.2) is 37.4 Å². The molecule has 0 bridgehead atoms. The maximum Gasteiger partial charge on any atom is 0.307 e. The highest BCUT2D eigenvalue weighted by Gasteiger charge is 2.22. The third-order valence-electron chi connectivity index (χ3n) is 3.01. The van der Waals surface area contributed by atoms with E-state index in [0.29, 0.717) is 6.42 Å². The van der Waals surface area contributed by atoms with Crippen LogP contribution in [0.1, 0.15) is 18.9 Å². The van der Waals surface area contributed by atoms with Gasteiger partial charge in [0.15, 0.2) is 0 Å². The fourth-order valence-corrected chi connectivity index (χ4v) is 2.60. The van der Waals surface area contributed by atoms with Gasteiger partial charge in [-0.15, -0.1) is 0 Å². The molecule has 0 amide bonds. The van der Waals surface area contributed by atoms with Crippen molar-refractivity contribution in [2.45, 2.75) is 19.9 Å². The Labute approximate surface area is 119 Å². The first-order valence-corrected chi connectivity index (χ1v) is 7.78. The quantitative estimate of drug-likeness (QED) is 0.751. The highest BCUT2D eigenvalue weighted by Crippen LogP contribution is 2.07. The summed E-state index contributed by atoms with van der Waals surface area (Å²) in [6.45, 7) is 1.84. The van der Waals surface area contributed by atoms with Crippen LogP contribution in [0.15, 0.2) is 30.3 Å². The first-order chi connectivity index (χ1) is 9.36. The molecule has 0 aliphatic carbocycles. The zero-order chi connectivity index (χ0) is 15.2. The lowest BCUT2D eigenvalue weighted by Crippen LogP contribution is -2.41. The van der Waals surface area contributed by atoms with Gasteiger partial charge >= 0.3 is 5.97 Å². The van der Waals surface area contributed by atoms with E-state index in [-0.39, 0.29) is 13.1 Å². The minimum absolute atomic E-state index is 0.104. The Balaban J connectivity index is 2.62. The van der Waals surface area contributed by atoms with Crippen molar-refractivity contribution >= 4 is 16.2 Å². The Morgan fingerprint density at radius 1 is 1.35 bits per heavy atom. The van der Waals surface area contributed by atoms with Crippen LogP contribution in [-0.2, 0) is 21.5 Å². The van der Waals surface area contributed by atoms with Crippen LogP contribution in [0.3, 0.4) is 0 Å². The summed E-state index contributed by atoms with van der Waals surface area (Å²) in [6.07, 6.45) is 0.375. The zero-order valence-corrected chi connectivity index (χ0v) is 12.4. The molecule has 1 unspecified atom stereocenters. The van der Waals surface area contributed by atoms with Crippen molar-refractivity contribution < 1.29 is 18.3 Å². The molecule has 0 radical (unpaired) electrons. The molecule has 0 saturated carbocycles. The van der Waals surface area contributed by atoms with Gasteiger partial charge in [0.1, 0.15) is 0 Å². The zero-order valence-electron chi connectivity index (χ0n) is 11.6. The third-order valence-corrected chi connectivity index (χ3v) is 4.49. The second kappa shape index (κ2) is 7.37. The summed E-state index contributed by atoms with van der Waals surface area (Å²) in [5, 5.41) is 8.90. The molecule has 0 aliphatic heterocycles. The SMILES string of the molecule is CCC(CNS(=O)(=O)N(C)Cc1ccccc1)C(=O)O. The standard InChI is InChI=1S/C13H20N2O4S/c1-3-12(13(16)17)9-14-20(18,19)15(2)10-11-7-5-4-6-8-11/h4-8,12,14H,3,9-10H2,1-2H3,(H,16,17). The smallest absolute Gasteiger partial charge is 0.307 e. The van der Waals surface area contributed by atoms with Crippen molar-refractivity contribution in [3.63, 3.8) is 0 Å². The van der Waals surface area contributed by atoms with Crippen LogP contribution in [0.2, 0.25) is 0 Å². The second-order valence-electron chi connectivity index (χ2n) is 4.54. The molecule has 0 aliphatic rings. The summed E-state index contributed by atoms with van der Waals surface area (Å²) in [6, 6.07) is 9.19. The molecule has 1 rings (SSSR count). The van der Waals surface area contributed by atoms with Gasteiger partial charge < -0.3 is 5.11 Å². The topological polar surface area (TPSA) is 86.7 Å². The van der Waals surface area contributed by atoms with Gasteiger partial charge in [0.05, 0.1) is 5.92 Å². The van der Waals surface area contributed by atoms with E-state index in [1.54, 1.807) is 6.92 Å². The summed E-state index contributed by atoms with van der Waals surface area (Å²) in [7, 11) is -2.22. The normalized spacial score (nSPS) is 13.3. The Morgan fingerprint density at radius 3 is 2.45 bits per heavy atom. The van der Waals surface area contributed by atoms with Crippen LogP contribution < -0.4 is 4.72 Å². The van der Waals surface area contributed by atoms with E-state index in [4.69, 9.17) is 5.11 Å². The van der Waals surface area contributed by atoms with Crippen molar-refractivity contribution in [3.05, 3.63) is 35.9 Å². The van der Waals surface area contributed by atoms with Crippen LogP contribution >= 0.6 is 0 Å². The van der Waals surface area contributed by atoms with Crippen molar-refractivity contribution in [1.29, 1.82) is 0 Å². The lowest BCUT2D eigenvalue weighted by Gasteiger charge is -2.19. The fourth-order valence-electron chi connectivity index (χ4n) is 1.65. The number of carboxylic acids is 1. The van der Waals surface area contributed by atoms with Gasteiger partial charge in [0.25, 0.3) is 10.2 Å². The Bertz CT molecular complexity index is 531. The van der Waals surface area contributed by atoms with Gasteiger partial charge in [-0.25, -0.2) is 4.72 Å². The predicted octanol–water partition coefficient (Wildman–Crippen LogP) is 1.06. The van der Waals surface area contributed by atoms with E-state index >= 15 is 0 Å². The van der Waals surface area contributed by atoms with E-state index in [9.17, 15) is 13.2 Å². The summed E-state index contributed by atoms with van der Waals surface area (Å²) < 4.78 is 27.5. The lowest BCUT2D eigenvalue weighted by atomic mass is 10.1. The molecule has 1 aromatic rings. The summed E-state index contributed by atoms with van der Waals surface area (Å²) in [5.41, 5.74) is 0.866. The molecular formula is C13H20N2O4S. The van der Waals surface area contributed by atoms with Gasteiger partial charge in [0, 0.05) is 20.1 Å². The minimum Gasteiger partial charge on any atom is -0.481 e. The summed E-state index contributed by atoms with van der Waals surface area (Å²) in [5.74, 6) is -1.71. The number of carbonyl (C=O) groups is 1. The van der Waals surface area contributed by atoms with Gasteiger partial charge in [-0.2, -0.15) is 12.7 Å². The number of aliphatic carboxylic acids is 1. The molecular weight excluding hydrogens is 280 g/mol. The molecule has 0 saturated heterocycles. The lowest BCUT2D eigenvalue weighted by molar-refractivity contribution is -0.141. The van der Waals surface area contributed by atoms with Gasteiger partial charge in [-0.3, -0.25) is 4.79 Å². The van der Waals surface area contributed by atoms with Crippen LogP contribution in [0, 0.1) is 5.92 Å². The van der Waals surface area contributed by atoms with E-state index < -0.39 is 22.1 Å². The van der Waals surface area contributed by atoms with Crippen LogP contribution in [0.25, 0.3) is 0 Å². The highest BCUT2D eigenvalue weighted by atomic mass is 32.2. The Kier molecular flexibility index (Phi) is 6.12. The fraction of sp³-hybridized carbons (Fsp3) is 0.462. The van der Waals surface area contributed by atoms with E-state index in [1.807, 2.05) is 30.3 Å². The minimum atomic E-state index is -3.68. The number of benzene rings is 1. The van der Waals surface area contributed by atoms with E-state index in [2.05, 4.69) is 4.72 Å². The number of nitrogens with one attached hydrogen (secondary N) is 1. The van der Waals surface area contributed by atoms with Crippen molar-refractivity contribution in [1.82, 2.24) is 9.03 Å². The van der Waals surface area contributed by atoms with Gasteiger partial charge in [0.2, 0.25) is 0 Å². The molecule has 7 heteroatoms. The van der Waals surface area contributed by atoms with E-state index in [0.717, 1.165) is 9.87 Å². The number of rotatable bonds is 8. The van der Waals surface area contributed by atoms with Crippen LogP contribution in [0.4, 0.5) is 0 Å². The molecule has 0 spiro atoms. The van der Waals surface area contributed by atoms with Gasteiger partial charge in [-0.05, 0) is 12.0 Å². The maximum absolute atomic E-state index is 12.0. The average Bonchev–Trinajstić information content (AvgIpc) is 2.40. The molecule has 1 atom stereocenters. The first kappa shape index (κ1) is 16.6. The van der Waals surface area contributed by atoms with Gasteiger partial charge in [-0.1, -0.05) is 37.3 Å². The average molecular weight is 300 g/mol. The Hall–Kier alpha value is -1.44.